The van der Waals surface area contributed by atoms with E-state index in [1.54, 1.807) is 56.3 Å². The lowest BCUT2D eigenvalue weighted by atomic mass is 10.0. The van der Waals surface area contributed by atoms with Crippen LogP contribution in [0.1, 0.15) is 31.2 Å². The summed E-state index contributed by atoms with van der Waals surface area (Å²) in [5.41, 5.74) is 1.26. The molecule has 0 fully saturated rings. The van der Waals surface area contributed by atoms with Crippen LogP contribution >= 0.6 is 11.3 Å². The summed E-state index contributed by atoms with van der Waals surface area (Å²) in [6.07, 6.45) is 3.23. The van der Waals surface area contributed by atoms with E-state index in [0.29, 0.717) is 20.8 Å². The number of furan rings is 1. The number of hydrogen-bond acceptors (Lipinski definition) is 7. The molecule has 0 spiro atoms. The normalized spacial score (nSPS) is 16.5. The molecule has 1 unspecified atom stereocenters. The maximum Gasteiger partial charge on any atom is 0.338 e. The Balaban J connectivity index is 1.93. The monoisotopic (exact) mass is 410 g/mol. The number of esters is 1. The number of allylic oxidation sites excluding steroid dienone is 1. The lowest BCUT2D eigenvalue weighted by molar-refractivity contribution is -0.139. The Bertz CT molecular complexity index is 1260. The number of hydrogen-bond donors (Lipinski definition) is 1. The molecule has 4 rings (SSSR count). The highest BCUT2D eigenvalue weighted by molar-refractivity contribution is 7.07. The summed E-state index contributed by atoms with van der Waals surface area (Å²) in [5.74, 6) is 0.0822. The number of benzene rings is 1. The standard InChI is InChI=1S/C21H18N2O5S/c1-3-27-20(26)17-12(2)22-21-23(18(17)15-5-4-10-28-15)19(25)16(29-21)11-13-6-8-14(24)9-7-13/h4-11,18,24H,3H2,1-2H3. The third-order valence-corrected chi connectivity index (χ3v) is 5.50. The van der Waals surface area contributed by atoms with Crippen LogP contribution in [0.25, 0.3) is 6.08 Å². The van der Waals surface area contributed by atoms with Crippen LogP contribution in [0.3, 0.4) is 0 Å². The van der Waals surface area contributed by atoms with Crippen molar-refractivity contribution in [2.45, 2.75) is 19.9 Å². The zero-order valence-electron chi connectivity index (χ0n) is 15.8. The van der Waals surface area contributed by atoms with Crippen molar-refractivity contribution in [3.8, 4) is 5.75 Å². The van der Waals surface area contributed by atoms with Crippen molar-refractivity contribution in [2.24, 2.45) is 4.99 Å². The van der Waals surface area contributed by atoms with Crippen LogP contribution in [0.15, 0.2) is 68.1 Å². The Morgan fingerprint density at radius 2 is 2.10 bits per heavy atom. The number of thiazole rings is 1. The average Bonchev–Trinajstić information content (AvgIpc) is 3.32. The van der Waals surface area contributed by atoms with Crippen LogP contribution in [0.2, 0.25) is 0 Å². The first-order chi connectivity index (χ1) is 14.0. The second-order valence-corrected chi connectivity index (χ2v) is 7.42. The second kappa shape index (κ2) is 7.56. The van der Waals surface area contributed by atoms with E-state index in [0.717, 1.165) is 5.56 Å². The molecule has 0 radical (unpaired) electrons. The summed E-state index contributed by atoms with van der Waals surface area (Å²) in [7, 11) is 0. The number of phenols is 1. The molecule has 3 heterocycles. The van der Waals surface area contributed by atoms with Crippen LogP contribution in [-0.2, 0) is 9.53 Å². The summed E-state index contributed by atoms with van der Waals surface area (Å²) in [6.45, 7) is 3.66. The van der Waals surface area contributed by atoms with Gasteiger partial charge in [-0.1, -0.05) is 23.5 Å². The van der Waals surface area contributed by atoms with E-state index in [1.807, 2.05) is 0 Å². The molecule has 0 aliphatic carbocycles. The molecule has 1 aromatic carbocycles. The molecular weight excluding hydrogens is 392 g/mol. The maximum absolute atomic E-state index is 13.2. The van der Waals surface area contributed by atoms with Crippen molar-refractivity contribution >= 4 is 23.4 Å². The largest absolute Gasteiger partial charge is 0.508 e. The van der Waals surface area contributed by atoms with Crippen molar-refractivity contribution in [3.63, 3.8) is 0 Å². The summed E-state index contributed by atoms with van der Waals surface area (Å²) in [4.78, 5) is 30.8. The Kier molecular flexibility index (Phi) is 4.94. The lowest BCUT2D eigenvalue weighted by Crippen LogP contribution is -2.39. The number of aromatic hydroxyl groups is 1. The second-order valence-electron chi connectivity index (χ2n) is 6.41. The summed E-state index contributed by atoms with van der Waals surface area (Å²) in [6, 6.07) is 9.22. The van der Waals surface area contributed by atoms with Gasteiger partial charge in [0, 0.05) is 0 Å². The topological polar surface area (TPSA) is 94.0 Å². The molecule has 1 N–H and O–H groups in total. The number of ether oxygens (including phenoxy) is 1. The summed E-state index contributed by atoms with van der Waals surface area (Å²) in [5, 5.41) is 9.45. The van der Waals surface area contributed by atoms with Gasteiger partial charge in [0.1, 0.15) is 17.6 Å². The fourth-order valence-electron chi connectivity index (χ4n) is 3.23. The van der Waals surface area contributed by atoms with Gasteiger partial charge in [-0.25, -0.2) is 9.79 Å². The minimum absolute atomic E-state index is 0.149. The quantitative estimate of drug-likeness (QED) is 0.665. The van der Waals surface area contributed by atoms with Gasteiger partial charge in [0.05, 0.1) is 28.7 Å². The predicted molar refractivity (Wildman–Crippen MR) is 107 cm³/mol. The Morgan fingerprint density at radius 3 is 2.76 bits per heavy atom. The summed E-state index contributed by atoms with van der Waals surface area (Å²) >= 11 is 1.23. The number of carbonyl (C=O) groups is 1. The first-order valence-corrected chi connectivity index (χ1v) is 9.83. The fraction of sp³-hybridized carbons (Fsp3) is 0.190. The molecule has 0 saturated heterocycles. The highest BCUT2D eigenvalue weighted by atomic mass is 32.1. The van der Waals surface area contributed by atoms with Crippen LogP contribution in [0, 0.1) is 0 Å². The zero-order valence-corrected chi connectivity index (χ0v) is 16.6. The van der Waals surface area contributed by atoms with Gasteiger partial charge >= 0.3 is 5.97 Å². The molecule has 0 amide bonds. The highest BCUT2D eigenvalue weighted by Gasteiger charge is 2.34. The van der Waals surface area contributed by atoms with Crippen molar-refractivity contribution in [1.29, 1.82) is 0 Å². The van der Waals surface area contributed by atoms with Gasteiger partial charge in [-0.05, 0) is 49.8 Å². The molecule has 1 atom stereocenters. The number of phenolic OH excluding ortho intramolecular Hbond substituents is 1. The van der Waals surface area contributed by atoms with E-state index in [-0.39, 0.29) is 23.5 Å². The highest BCUT2D eigenvalue weighted by Crippen LogP contribution is 2.30. The maximum atomic E-state index is 13.2. The van der Waals surface area contributed by atoms with E-state index >= 15 is 0 Å². The molecule has 7 nitrogen and oxygen atoms in total. The molecule has 3 aromatic rings. The molecule has 8 heteroatoms. The Hall–Kier alpha value is -3.39. The molecule has 0 saturated carbocycles. The van der Waals surface area contributed by atoms with Crippen molar-refractivity contribution < 1.29 is 19.1 Å². The van der Waals surface area contributed by atoms with Gasteiger partial charge in [-0.2, -0.15) is 0 Å². The van der Waals surface area contributed by atoms with Crippen molar-refractivity contribution in [1.82, 2.24) is 4.57 Å². The van der Waals surface area contributed by atoms with E-state index < -0.39 is 12.0 Å². The molecular formula is C21H18N2O5S. The van der Waals surface area contributed by atoms with Gasteiger partial charge < -0.3 is 14.3 Å². The third kappa shape index (κ3) is 3.42. The molecule has 148 valence electrons. The molecule has 29 heavy (non-hydrogen) atoms. The van der Waals surface area contributed by atoms with Gasteiger partial charge in [-0.15, -0.1) is 0 Å². The number of carbonyl (C=O) groups excluding carboxylic acids is 1. The van der Waals surface area contributed by atoms with Crippen molar-refractivity contribution in [3.05, 3.63) is 84.9 Å². The van der Waals surface area contributed by atoms with E-state index in [4.69, 9.17) is 9.15 Å². The van der Waals surface area contributed by atoms with E-state index in [9.17, 15) is 14.7 Å². The van der Waals surface area contributed by atoms with Gasteiger partial charge in [0.25, 0.3) is 5.56 Å². The van der Waals surface area contributed by atoms with Gasteiger partial charge in [-0.3, -0.25) is 9.36 Å². The summed E-state index contributed by atoms with van der Waals surface area (Å²) < 4.78 is 12.7. The minimum Gasteiger partial charge on any atom is -0.508 e. The van der Waals surface area contributed by atoms with Crippen molar-refractivity contribution in [2.75, 3.05) is 6.61 Å². The van der Waals surface area contributed by atoms with Crippen LogP contribution in [0.5, 0.6) is 5.75 Å². The lowest BCUT2D eigenvalue weighted by Gasteiger charge is -2.22. The van der Waals surface area contributed by atoms with Crippen LogP contribution in [0.4, 0.5) is 0 Å². The zero-order chi connectivity index (χ0) is 20.5. The molecule has 2 aromatic heterocycles. The van der Waals surface area contributed by atoms with Gasteiger partial charge in [0.2, 0.25) is 0 Å². The molecule has 0 bridgehead atoms. The first kappa shape index (κ1) is 18.9. The number of fused-ring (bicyclic) bond motifs is 1. The first-order valence-electron chi connectivity index (χ1n) is 9.01. The molecule has 1 aliphatic heterocycles. The van der Waals surface area contributed by atoms with Crippen LogP contribution in [-0.4, -0.2) is 22.2 Å². The van der Waals surface area contributed by atoms with E-state index in [1.165, 1.54) is 22.2 Å². The third-order valence-electron chi connectivity index (χ3n) is 4.52. The number of rotatable bonds is 4. The van der Waals surface area contributed by atoms with E-state index in [2.05, 4.69) is 4.99 Å². The predicted octanol–water partition coefficient (Wildman–Crippen LogP) is 2.10. The van der Waals surface area contributed by atoms with Crippen LogP contribution < -0.4 is 14.9 Å². The average molecular weight is 410 g/mol. The minimum atomic E-state index is -0.748. The van der Waals surface area contributed by atoms with Gasteiger partial charge in [0.15, 0.2) is 4.80 Å². The fourth-order valence-corrected chi connectivity index (χ4v) is 4.28. The Morgan fingerprint density at radius 1 is 1.34 bits per heavy atom. The smallest absolute Gasteiger partial charge is 0.338 e. The number of aromatic nitrogens is 1. The SMILES string of the molecule is CCOC(=O)C1=C(C)N=c2sc(=Cc3ccc(O)cc3)c(=O)n2C1c1ccco1. The number of nitrogens with zero attached hydrogens (tertiary/aromatic N) is 2. The Labute approximate surface area is 169 Å². The molecule has 1 aliphatic rings.